The molecule has 0 radical (unpaired) electrons. The Bertz CT molecular complexity index is 607. The Labute approximate surface area is 152 Å². The van der Waals surface area contributed by atoms with Gasteiger partial charge in [0.15, 0.2) is 0 Å². The second-order valence-electron chi connectivity index (χ2n) is 6.77. The molecule has 1 saturated heterocycles. The van der Waals surface area contributed by atoms with Crippen LogP contribution in [0.25, 0.3) is 0 Å². The Morgan fingerprint density at radius 1 is 1.23 bits per heavy atom. The molecule has 2 rings (SSSR count). The molecule has 8 nitrogen and oxygen atoms in total. The second kappa shape index (κ2) is 9.09. The molecule has 8 heteroatoms. The molecule has 0 aromatic heterocycles. The third-order valence-corrected chi connectivity index (χ3v) is 4.64. The minimum atomic E-state index is -1.50. The van der Waals surface area contributed by atoms with E-state index in [1.54, 1.807) is 0 Å². The monoisotopic (exact) mass is 365 g/mol. The first-order valence-corrected chi connectivity index (χ1v) is 8.64. The first-order valence-electron chi connectivity index (χ1n) is 8.64. The van der Waals surface area contributed by atoms with E-state index >= 15 is 0 Å². The highest BCUT2D eigenvalue weighted by Crippen LogP contribution is 2.15. The third kappa shape index (κ3) is 5.01. The van der Waals surface area contributed by atoms with Crippen LogP contribution in [0.1, 0.15) is 17.5 Å². The first kappa shape index (κ1) is 20.3. The molecule has 0 saturated carbocycles. The molecule has 1 atom stereocenters. The minimum Gasteiger partial charge on any atom is -0.394 e. The number of benzene rings is 1. The van der Waals surface area contributed by atoms with Crippen molar-refractivity contribution in [3.8, 4) is 0 Å². The van der Waals surface area contributed by atoms with E-state index in [1.807, 2.05) is 36.1 Å². The number of hydrogen-bond donors (Lipinski definition) is 5. The Morgan fingerprint density at radius 2 is 1.85 bits per heavy atom. The normalized spacial score (nSPS) is 18.5. The van der Waals surface area contributed by atoms with Gasteiger partial charge in [0.1, 0.15) is 5.54 Å². The van der Waals surface area contributed by atoms with Gasteiger partial charge in [-0.25, -0.2) is 0 Å². The molecular formula is C18H27N3O5. The van der Waals surface area contributed by atoms with Gasteiger partial charge in [-0.15, -0.1) is 0 Å². The largest absolute Gasteiger partial charge is 0.394 e. The lowest BCUT2D eigenvalue weighted by Crippen LogP contribution is -2.60. The van der Waals surface area contributed by atoms with Crippen LogP contribution in [0.4, 0.5) is 0 Å². The first-order chi connectivity index (χ1) is 12.4. The quantitative estimate of drug-likeness (QED) is 0.383. The summed E-state index contributed by atoms with van der Waals surface area (Å²) < 4.78 is 0. The maximum absolute atomic E-state index is 12.3. The van der Waals surface area contributed by atoms with Gasteiger partial charge in [-0.1, -0.05) is 29.8 Å². The zero-order chi connectivity index (χ0) is 19.2. The lowest BCUT2D eigenvalue weighted by atomic mass is 10.0. The van der Waals surface area contributed by atoms with Gasteiger partial charge in [0.25, 0.3) is 0 Å². The van der Waals surface area contributed by atoms with E-state index in [2.05, 4.69) is 10.6 Å². The van der Waals surface area contributed by atoms with Gasteiger partial charge in [0.05, 0.1) is 32.3 Å². The lowest BCUT2D eigenvalue weighted by Gasteiger charge is -2.36. The van der Waals surface area contributed by atoms with Crippen LogP contribution >= 0.6 is 0 Å². The molecule has 1 aromatic rings. The van der Waals surface area contributed by atoms with Crippen LogP contribution in [0.2, 0.25) is 0 Å². The van der Waals surface area contributed by atoms with Crippen LogP contribution in [-0.4, -0.2) is 76.5 Å². The molecule has 0 aliphatic carbocycles. The minimum absolute atomic E-state index is 0.126. The highest BCUT2D eigenvalue weighted by Gasteiger charge is 2.35. The van der Waals surface area contributed by atoms with Gasteiger partial charge in [-0.3, -0.25) is 14.5 Å². The van der Waals surface area contributed by atoms with Gasteiger partial charge < -0.3 is 26.0 Å². The fraction of sp³-hybridized carbons (Fsp3) is 0.556. The number of aliphatic hydroxyl groups excluding tert-OH is 3. The zero-order valence-corrected chi connectivity index (χ0v) is 14.9. The van der Waals surface area contributed by atoms with E-state index in [0.717, 1.165) is 11.1 Å². The smallest absolute Gasteiger partial charge is 0.237 e. The van der Waals surface area contributed by atoms with Crippen molar-refractivity contribution in [3.63, 3.8) is 0 Å². The summed E-state index contributed by atoms with van der Waals surface area (Å²) in [6.45, 7) is 1.86. The Balaban J connectivity index is 2.06. The molecule has 1 heterocycles. The summed E-state index contributed by atoms with van der Waals surface area (Å²) in [5.74, 6) is -0.751. The summed E-state index contributed by atoms with van der Waals surface area (Å²) >= 11 is 0. The van der Waals surface area contributed by atoms with Gasteiger partial charge in [-0.2, -0.15) is 0 Å². The van der Waals surface area contributed by atoms with Gasteiger partial charge in [0.2, 0.25) is 11.8 Å². The van der Waals surface area contributed by atoms with Gasteiger partial charge in [0, 0.05) is 19.6 Å². The van der Waals surface area contributed by atoms with Crippen molar-refractivity contribution in [2.45, 2.75) is 31.5 Å². The molecule has 1 aliphatic rings. The van der Waals surface area contributed by atoms with Crippen LogP contribution in [0.5, 0.6) is 0 Å². The van der Waals surface area contributed by atoms with E-state index in [9.17, 15) is 24.9 Å². The second-order valence-corrected chi connectivity index (χ2v) is 6.77. The van der Waals surface area contributed by atoms with E-state index in [1.165, 1.54) is 0 Å². The standard InChI is InChI=1S/C18H27N3O5/c1-13-2-4-14(5-3-13)9-21-7-6-19-17(26)15(21)8-16(25)20-18(10-22,11-23)12-24/h2-5,15,22-24H,6-12H2,1H3,(H,19,26)(H,20,25)/t15-/m0/s1. The Kier molecular flexibility index (Phi) is 7.10. The topological polar surface area (TPSA) is 122 Å². The highest BCUT2D eigenvalue weighted by atomic mass is 16.3. The number of aliphatic hydroxyl groups is 3. The highest BCUT2D eigenvalue weighted by molar-refractivity contribution is 5.89. The van der Waals surface area contributed by atoms with Crippen molar-refractivity contribution in [1.29, 1.82) is 0 Å². The molecule has 0 bridgehead atoms. The summed E-state index contributed by atoms with van der Waals surface area (Å²) in [6.07, 6.45) is -0.126. The van der Waals surface area contributed by atoms with Crippen LogP contribution in [0.3, 0.4) is 0 Å². The maximum Gasteiger partial charge on any atom is 0.237 e. The summed E-state index contributed by atoms with van der Waals surface area (Å²) in [5, 5.41) is 33.2. The molecule has 5 N–H and O–H groups in total. The van der Waals surface area contributed by atoms with Crippen LogP contribution in [0, 0.1) is 6.92 Å². The van der Waals surface area contributed by atoms with Gasteiger partial charge in [-0.05, 0) is 12.5 Å². The zero-order valence-electron chi connectivity index (χ0n) is 14.9. The van der Waals surface area contributed by atoms with Crippen LogP contribution in [-0.2, 0) is 16.1 Å². The maximum atomic E-state index is 12.3. The summed E-state index contributed by atoms with van der Waals surface area (Å²) in [4.78, 5) is 26.6. The average molecular weight is 365 g/mol. The predicted octanol–water partition coefficient (Wildman–Crippen LogP) is -1.48. The van der Waals surface area contributed by atoms with E-state index < -0.39 is 37.3 Å². The molecule has 1 fully saturated rings. The summed E-state index contributed by atoms with van der Waals surface area (Å²) in [5.41, 5.74) is 0.699. The fourth-order valence-corrected chi connectivity index (χ4v) is 2.89. The van der Waals surface area contributed by atoms with Crippen molar-refractivity contribution in [1.82, 2.24) is 15.5 Å². The Morgan fingerprint density at radius 3 is 2.42 bits per heavy atom. The van der Waals surface area contributed by atoms with Crippen LogP contribution < -0.4 is 10.6 Å². The van der Waals surface area contributed by atoms with Crippen molar-refractivity contribution >= 4 is 11.8 Å². The molecule has 144 valence electrons. The number of rotatable bonds is 8. The van der Waals surface area contributed by atoms with E-state index in [4.69, 9.17) is 0 Å². The number of aryl methyl sites for hydroxylation is 1. The number of piperazine rings is 1. The molecule has 2 amide bonds. The number of amides is 2. The molecular weight excluding hydrogens is 338 g/mol. The van der Waals surface area contributed by atoms with E-state index in [-0.39, 0.29) is 12.3 Å². The fourth-order valence-electron chi connectivity index (χ4n) is 2.89. The molecule has 0 spiro atoms. The molecule has 26 heavy (non-hydrogen) atoms. The number of carbonyl (C=O) groups is 2. The van der Waals surface area contributed by atoms with Crippen molar-refractivity contribution in [2.24, 2.45) is 0 Å². The third-order valence-electron chi connectivity index (χ3n) is 4.64. The van der Waals surface area contributed by atoms with Crippen molar-refractivity contribution in [2.75, 3.05) is 32.9 Å². The van der Waals surface area contributed by atoms with E-state index in [0.29, 0.717) is 19.6 Å². The average Bonchev–Trinajstić information content (AvgIpc) is 2.64. The SMILES string of the molecule is Cc1ccc(CN2CCNC(=O)[C@@H]2CC(=O)NC(CO)(CO)CO)cc1. The summed E-state index contributed by atoms with van der Waals surface area (Å²) in [6, 6.07) is 7.33. The molecule has 1 aliphatic heterocycles. The number of nitrogens with one attached hydrogen (secondary N) is 2. The number of nitrogens with zero attached hydrogens (tertiary/aromatic N) is 1. The molecule has 1 aromatic carbocycles. The lowest BCUT2D eigenvalue weighted by molar-refractivity contribution is -0.135. The number of carbonyl (C=O) groups excluding carboxylic acids is 2. The summed E-state index contributed by atoms with van der Waals surface area (Å²) in [7, 11) is 0. The van der Waals surface area contributed by atoms with Crippen molar-refractivity contribution < 1.29 is 24.9 Å². The van der Waals surface area contributed by atoms with Gasteiger partial charge >= 0.3 is 0 Å². The van der Waals surface area contributed by atoms with Crippen LogP contribution in [0.15, 0.2) is 24.3 Å². The van der Waals surface area contributed by atoms with Crippen molar-refractivity contribution in [3.05, 3.63) is 35.4 Å². The predicted molar refractivity (Wildman–Crippen MR) is 95.1 cm³/mol. The molecule has 0 unspecified atom stereocenters. The number of hydrogen-bond acceptors (Lipinski definition) is 6. The Hall–Kier alpha value is -2.00.